The first-order valence-electron chi connectivity index (χ1n) is 5.69. The van der Waals surface area contributed by atoms with Gasteiger partial charge in [0.15, 0.2) is 0 Å². The minimum atomic E-state index is -0.489. The van der Waals surface area contributed by atoms with Crippen molar-refractivity contribution in [1.29, 1.82) is 0 Å². The van der Waals surface area contributed by atoms with Crippen LogP contribution >= 0.6 is 11.6 Å². The zero-order valence-electron chi connectivity index (χ0n) is 10.3. The highest BCUT2D eigenvalue weighted by Crippen LogP contribution is 2.29. The van der Waals surface area contributed by atoms with Gasteiger partial charge in [-0.2, -0.15) is 0 Å². The predicted octanol–water partition coefficient (Wildman–Crippen LogP) is 4.14. The highest BCUT2D eigenvalue weighted by atomic mass is 35.5. The average Bonchev–Trinajstić information content (AvgIpc) is 2.39. The standard InChI is InChI=1S/C14H12ClNO3/c1-10-4-2-3-5-11(10)9-19-14-7-6-12(16(17)18)8-13(14)15/h2-8H,9H2,1H3. The average molecular weight is 278 g/mol. The molecule has 2 aromatic rings. The fourth-order valence-electron chi connectivity index (χ4n) is 1.65. The lowest BCUT2D eigenvalue weighted by Gasteiger charge is -2.09. The maximum Gasteiger partial charge on any atom is 0.271 e. The number of hydrogen-bond donors (Lipinski definition) is 0. The number of halogens is 1. The van der Waals surface area contributed by atoms with Crippen molar-refractivity contribution in [3.63, 3.8) is 0 Å². The van der Waals surface area contributed by atoms with E-state index in [0.29, 0.717) is 12.4 Å². The van der Waals surface area contributed by atoms with E-state index in [1.165, 1.54) is 18.2 Å². The van der Waals surface area contributed by atoms with E-state index in [9.17, 15) is 10.1 Å². The van der Waals surface area contributed by atoms with Crippen LogP contribution in [0.5, 0.6) is 5.75 Å². The van der Waals surface area contributed by atoms with E-state index in [0.717, 1.165) is 11.1 Å². The smallest absolute Gasteiger partial charge is 0.271 e. The number of benzene rings is 2. The number of non-ortho nitro benzene ring substituents is 1. The molecule has 0 unspecified atom stereocenters. The van der Waals surface area contributed by atoms with Gasteiger partial charge in [0.25, 0.3) is 5.69 Å². The Morgan fingerprint density at radius 3 is 2.63 bits per heavy atom. The lowest BCUT2D eigenvalue weighted by atomic mass is 10.1. The SMILES string of the molecule is Cc1ccccc1COc1ccc([N+](=O)[O-])cc1Cl. The van der Waals surface area contributed by atoms with Crippen LogP contribution in [-0.4, -0.2) is 4.92 Å². The van der Waals surface area contributed by atoms with Gasteiger partial charge in [-0.3, -0.25) is 10.1 Å². The zero-order valence-corrected chi connectivity index (χ0v) is 11.1. The van der Waals surface area contributed by atoms with Gasteiger partial charge >= 0.3 is 0 Å². The van der Waals surface area contributed by atoms with E-state index in [1.807, 2.05) is 31.2 Å². The number of nitro groups is 1. The van der Waals surface area contributed by atoms with Gasteiger partial charge in [-0.1, -0.05) is 35.9 Å². The van der Waals surface area contributed by atoms with E-state index in [1.54, 1.807) is 0 Å². The van der Waals surface area contributed by atoms with Gasteiger partial charge < -0.3 is 4.74 Å². The largest absolute Gasteiger partial charge is 0.487 e. The summed E-state index contributed by atoms with van der Waals surface area (Å²) in [5.74, 6) is 0.440. The molecule has 5 heteroatoms. The van der Waals surface area contributed by atoms with Gasteiger partial charge in [-0.05, 0) is 24.1 Å². The zero-order chi connectivity index (χ0) is 13.8. The van der Waals surface area contributed by atoms with Gasteiger partial charge in [0.2, 0.25) is 0 Å². The molecular formula is C14H12ClNO3. The Labute approximate surface area is 115 Å². The monoisotopic (exact) mass is 277 g/mol. The second-order valence-corrected chi connectivity index (χ2v) is 4.49. The van der Waals surface area contributed by atoms with Gasteiger partial charge in [0, 0.05) is 12.1 Å². The van der Waals surface area contributed by atoms with Crippen LogP contribution in [0.25, 0.3) is 0 Å². The molecule has 0 spiro atoms. The summed E-state index contributed by atoms with van der Waals surface area (Å²) < 4.78 is 5.58. The number of ether oxygens (including phenoxy) is 1. The molecule has 98 valence electrons. The molecule has 0 aromatic heterocycles. The van der Waals surface area contributed by atoms with Crippen LogP contribution in [0.15, 0.2) is 42.5 Å². The van der Waals surface area contributed by atoms with Crippen LogP contribution in [0.1, 0.15) is 11.1 Å². The number of aryl methyl sites for hydroxylation is 1. The van der Waals surface area contributed by atoms with E-state index in [-0.39, 0.29) is 10.7 Å². The quantitative estimate of drug-likeness (QED) is 0.623. The maximum absolute atomic E-state index is 10.6. The van der Waals surface area contributed by atoms with Crippen molar-refractivity contribution in [2.45, 2.75) is 13.5 Å². The molecule has 0 aliphatic rings. The molecule has 0 radical (unpaired) electrons. The molecule has 2 rings (SSSR count). The highest BCUT2D eigenvalue weighted by molar-refractivity contribution is 6.32. The van der Waals surface area contributed by atoms with Gasteiger partial charge in [-0.15, -0.1) is 0 Å². The predicted molar refractivity (Wildman–Crippen MR) is 73.6 cm³/mol. The first-order chi connectivity index (χ1) is 9.08. The molecule has 0 amide bonds. The number of nitro benzene ring substituents is 1. The van der Waals surface area contributed by atoms with Crippen LogP contribution in [0.2, 0.25) is 5.02 Å². The van der Waals surface area contributed by atoms with Crippen molar-refractivity contribution in [2.24, 2.45) is 0 Å². The molecule has 0 saturated heterocycles. The Morgan fingerprint density at radius 2 is 2.00 bits per heavy atom. The van der Waals surface area contributed by atoms with Crippen molar-refractivity contribution in [2.75, 3.05) is 0 Å². The normalized spacial score (nSPS) is 10.2. The van der Waals surface area contributed by atoms with E-state index in [2.05, 4.69) is 0 Å². The summed E-state index contributed by atoms with van der Waals surface area (Å²) in [6.07, 6.45) is 0. The summed E-state index contributed by atoms with van der Waals surface area (Å²) >= 11 is 5.95. The summed E-state index contributed by atoms with van der Waals surface area (Å²) in [4.78, 5) is 10.1. The molecule has 0 bridgehead atoms. The first-order valence-corrected chi connectivity index (χ1v) is 6.07. The van der Waals surface area contributed by atoms with Gasteiger partial charge in [0.1, 0.15) is 12.4 Å². The Bertz CT molecular complexity index is 613. The van der Waals surface area contributed by atoms with Gasteiger partial charge in [-0.25, -0.2) is 0 Å². The van der Waals surface area contributed by atoms with Crippen molar-refractivity contribution in [3.05, 3.63) is 68.7 Å². The molecule has 0 atom stereocenters. The van der Waals surface area contributed by atoms with Crippen molar-refractivity contribution in [1.82, 2.24) is 0 Å². The number of hydrogen-bond acceptors (Lipinski definition) is 3. The topological polar surface area (TPSA) is 52.4 Å². The third-order valence-corrected chi connectivity index (χ3v) is 3.07. The molecule has 2 aromatic carbocycles. The van der Waals surface area contributed by atoms with Crippen LogP contribution in [0.4, 0.5) is 5.69 Å². The summed E-state index contributed by atoms with van der Waals surface area (Å²) in [5, 5.41) is 10.8. The second kappa shape index (κ2) is 5.71. The fraction of sp³-hybridized carbons (Fsp3) is 0.143. The molecule has 0 heterocycles. The molecule has 0 fully saturated rings. The van der Waals surface area contributed by atoms with Gasteiger partial charge in [0.05, 0.1) is 9.95 Å². The summed E-state index contributed by atoms with van der Waals surface area (Å²) in [6, 6.07) is 12.0. The number of rotatable bonds is 4. The van der Waals surface area contributed by atoms with Crippen LogP contribution in [0.3, 0.4) is 0 Å². The molecule has 0 aliphatic carbocycles. The van der Waals surface area contributed by atoms with E-state index < -0.39 is 4.92 Å². The Morgan fingerprint density at radius 1 is 1.26 bits per heavy atom. The third kappa shape index (κ3) is 3.23. The van der Waals surface area contributed by atoms with E-state index >= 15 is 0 Å². The summed E-state index contributed by atoms with van der Waals surface area (Å²) in [6.45, 7) is 2.38. The van der Waals surface area contributed by atoms with Crippen molar-refractivity contribution < 1.29 is 9.66 Å². The molecule has 4 nitrogen and oxygen atoms in total. The maximum atomic E-state index is 10.6. The Hall–Kier alpha value is -2.07. The Balaban J connectivity index is 2.12. The minimum absolute atomic E-state index is 0.0479. The third-order valence-electron chi connectivity index (χ3n) is 2.77. The lowest BCUT2D eigenvalue weighted by Crippen LogP contribution is -1.98. The van der Waals surface area contributed by atoms with Crippen LogP contribution < -0.4 is 4.74 Å². The minimum Gasteiger partial charge on any atom is -0.487 e. The Kier molecular flexibility index (Phi) is 4.02. The molecular weight excluding hydrogens is 266 g/mol. The fourth-order valence-corrected chi connectivity index (χ4v) is 1.88. The second-order valence-electron chi connectivity index (χ2n) is 4.09. The van der Waals surface area contributed by atoms with E-state index in [4.69, 9.17) is 16.3 Å². The molecule has 0 N–H and O–H groups in total. The van der Waals surface area contributed by atoms with Crippen molar-refractivity contribution >= 4 is 17.3 Å². The molecule has 0 saturated carbocycles. The summed E-state index contributed by atoms with van der Waals surface area (Å²) in [7, 11) is 0. The molecule has 19 heavy (non-hydrogen) atoms. The van der Waals surface area contributed by atoms with Crippen LogP contribution in [0, 0.1) is 17.0 Å². The first kappa shape index (κ1) is 13.4. The van der Waals surface area contributed by atoms with Crippen molar-refractivity contribution in [3.8, 4) is 5.75 Å². The lowest BCUT2D eigenvalue weighted by molar-refractivity contribution is -0.384. The molecule has 0 aliphatic heterocycles. The number of nitrogens with zero attached hydrogens (tertiary/aromatic N) is 1. The summed E-state index contributed by atoms with van der Waals surface area (Å²) in [5.41, 5.74) is 2.13. The van der Waals surface area contributed by atoms with Crippen LogP contribution in [-0.2, 0) is 6.61 Å². The highest BCUT2D eigenvalue weighted by Gasteiger charge is 2.10.